The predicted molar refractivity (Wildman–Crippen MR) is 107 cm³/mol. The molecule has 3 aromatic rings. The molecule has 0 aliphatic carbocycles. The molecule has 0 aliphatic heterocycles. The van der Waals surface area contributed by atoms with Crippen molar-refractivity contribution in [2.45, 2.75) is 33.3 Å². The van der Waals surface area contributed by atoms with Gasteiger partial charge < -0.3 is 14.1 Å². The van der Waals surface area contributed by atoms with Gasteiger partial charge in [-0.25, -0.2) is 9.78 Å². The Kier molecular flexibility index (Phi) is 5.61. The highest BCUT2D eigenvalue weighted by atomic mass is 16.5. The van der Waals surface area contributed by atoms with Crippen molar-refractivity contribution >= 4 is 17.1 Å². The molecule has 142 valence electrons. The lowest BCUT2D eigenvalue weighted by molar-refractivity contribution is 0.0311. The summed E-state index contributed by atoms with van der Waals surface area (Å²) in [6, 6.07) is 11.4. The van der Waals surface area contributed by atoms with E-state index < -0.39 is 0 Å². The van der Waals surface area contributed by atoms with Crippen LogP contribution >= 0.6 is 0 Å². The summed E-state index contributed by atoms with van der Waals surface area (Å²) in [7, 11) is 4.00. The van der Waals surface area contributed by atoms with Crippen LogP contribution in [-0.4, -0.2) is 42.6 Å². The predicted octanol–water partition coefficient (Wildman–Crippen LogP) is 4.61. The molecule has 3 rings (SSSR count). The van der Waals surface area contributed by atoms with E-state index in [2.05, 4.69) is 16.0 Å². The number of ether oxygens (including phenoxy) is 1. The molecule has 0 N–H and O–H groups in total. The summed E-state index contributed by atoms with van der Waals surface area (Å²) in [5, 5.41) is 0. The van der Waals surface area contributed by atoms with Crippen LogP contribution in [0.5, 0.6) is 0 Å². The quantitative estimate of drug-likeness (QED) is 0.596. The smallest absolute Gasteiger partial charge is 0.338 e. The van der Waals surface area contributed by atoms with Crippen molar-refractivity contribution in [3.63, 3.8) is 0 Å². The highest BCUT2D eigenvalue weighted by Gasteiger charge is 2.15. The molecule has 1 aromatic heterocycles. The van der Waals surface area contributed by atoms with E-state index in [0.29, 0.717) is 17.0 Å². The summed E-state index contributed by atoms with van der Waals surface area (Å²) in [5.41, 5.74) is 5.03. The summed E-state index contributed by atoms with van der Waals surface area (Å²) in [6.45, 7) is 6.87. The highest BCUT2D eigenvalue weighted by Crippen LogP contribution is 2.27. The minimum atomic E-state index is -0.340. The van der Waals surface area contributed by atoms with Crippen LogP contribution in [0.3, 0.4) is 0 Å². The van der Waals surface area contributed by atoms with Gasteiger partial charge in [-0.3, -0.25) is 0 Å². The maximum atomic E-state index is 12.4. The third-order valence-electron chi connectivity index (χ3n) is 4.38. The molecule has 0 saturated heterocycles. The van der Waals surface area contributed by atoms with E-state index >= 15 is 0 Å². The molecule has 0 radical (unpaired) electrons. The van der Waals surface area contributed by atoms with E-state index in [0.717, 1.165) is 35.2 Å². The number of hydrogen-bond donors (Lipinski definition) is 0. The number of esters is 1. The lowest BCUT2D eigenvalue weighted by atomic mass is 10.1. The Bertz CT molecular complexity index is 939. The maximum absolute atomic E-state index is 12.4. The van der Waals surface area contributed by atoms with Gasteiger partial charge in [0.05, 0.1) is 5.56 Å². The van der Waals surface area contributed by atoms with Crippen molar-refractivity contribution in [1.82, 2.24) is 9.88 Å². The molecular formula is C22H26N2O3. The van der Waals surface area contributed by atoms with Crippen molar-refractivity contribution in [2.24, 2.45) is 0 Å². The molecule has 0 fully saturated rings. The fourth-order valence-corrected chi connectivity index (χ4v) is 3.02. The Hall–Kier alpha value is -2.66. The number of aromatic nitrogens is 1. The molecule has 0 amide bonds. The van der Waals surface area contributed by atoms with Crippen molar-refractivity contribution in [1.29, 1.82) is 0 Å². The second-order valence-corrected chi connectivity index (χ2v) is 7.39. The van der Waals surface area contributed by atoms with Crippen molar-refractivity contribution in [2.75, 3.05) is 20.6 Å². The standard InChI is InChI=1S/C22H26N2O3/c1-14-10-15(2)12-18(11-14)21-23-19-7-6-17(13-20(19)27-21)22(25)26-16(3)8-9-24(4)5/h6-7,10-13,16H,8-9H2,1-5H3. The van der Waals surface area contributed by atoms with E-state index in [1.54, 1.807) is 18.2 Å². The van der Waals surface area contributed by atoms with Gasteiger partial charge in [-0.05, 0) is 71.6 Å². The maximum Gasteiger partial charge on any atom is 0.338 e. The van der Waals surface area contributed by atoms with Crippen LogP contribution in [0.4, 0.5) is 0 Å². The number of nitrogens with zero attached hydrogens (tertiary/aromatic N) is 2. The number of aryl methyl sites for hydroxylation is 2. The lowest BCUT2D eigenvalue weighted by Crippen LogP contribution is -2.22. The zero-order valence-corrected chi connectivity index (χ0v) is 16.6. The van der Waals surface area contributed by atoms with Gasteiger partial charge in [0.25, 0.3) is 0 Å². The Morgan fingerprint density at radius 2 is 1.85 bits per heavy atom. The van der Waals surface area contributed by atoms with E-state index in [-0.39, 0.29) is 12.1 Å². The fourth-order valence-electron chi connectivity index (χ4n) is 3.02. The van der Waals surface area contributed by atoms with E-state index in [1.807, 2.05) is 47.0 Å². The Morgan fingerprint density at radius 3 is 2.52 bits per heavy atom. The van der Waals surface area contributed by atoms with Gasteiger partial charge >= 0.3 is 5.97 Å². The number of oxazole rings is 1. The van der Waals surface area contributed by atoms with Crippen molar-refractivity contribution in [3.05, 3.63) is 53.1 Å². The topological polar surface area (TPSA) is 55.6 Å². The minimum Gasteiger partial charge on any atom is -0.459 e. The summed E-state index contributed by atoms with van der Waals surface area (Å²) >= 11 is 0. The van der Waals surface area contributed by atoms with E-state index in [1.165, 1.54) is 0 Å². The van der Waals surface area contributed by atoms with Crippen molar-refractivity contribution < 1.29 is 13.9 Å². The van der Waals surface area contributed by atoms with Crippen LogP contribution in [-0.2, 0) is 4.74 Å². The van der Waals surface area contributed by atoms with Gasteiger partial charge in [-0.15, -0.1) is 0 Å². The summed E-state index contributed by atoms with van der Waals surface area (Å²) in [4.78, 5) is 19.0. The highest BCUT2D eigenvalue weighted by molar-refractivity contribution is 5.93. The van der Waals surface area contributed by atoms with Gasteiger partial charge in [-0.1, -0.05) is 17.2 Å². The van der Waals surface area contributed by atoms with Crippen LogP contribution in [0.15, 0.2) is 40.8 Å². The summed E-state index contributed by atoms with van der Waals surface area (Å²) < 4.78 is 11.4. The fraction of sp³-hybridized carbons (Fsp3) is 0.364. The first-order valence-electron chi connectivity index (χ1n) is 9.17. The molecule has 0 aliphatic rings. The monoisotopic (exact) mass is 366 g/mol. The Labute approximate surface area is 160 Å². The molecule has 1 heterocycles. The Balaban J connectivity index is 1.80. The molecular weight excluding hydrogens is 340 g/mol. The molecule has 1 unspecified atom stereocenters. The summed E-state index contributed by atoms with van der Waals surface area (Å²) in [5.74, 6) is 0.217. The van der Waals surface area contributed by atoms with Gasteiger partial charge in [0, 0.05) is 12.1 Å². The molecule has 1 atom stereocenters. The first-order chi connectivity index (χ1) is 12.8. The average molecular weight is 366 g/mol. The number of rotatable bonds is 6. The van der Waals surface area contributed by atoms with Crippen LogP contribution in [0.25, 0.3) is 22.6 Å². The molecule has 0 saturated carbocycles. The molecule has 2 aromatic carbocycles. The molecule has 5 heteroatoms. The van der Waals surface area contributed by atoms with Gasteiger partial charge in [0.2, 0.25) is 5.89 Å². The second-order valence-electron chi connectivity index (χ2n) is 7.39. The van der Waals surface area contributed by atoms with Crippen LogP contribution in [0.1, 0.15) is 34.8 Å². The zero-order valence-electron chi connectivity index (χ0n) is 16.6. The molecule has 0 bridgehead atoms. The third-order valence-corrected chi connectivity index (χ3v) is 4.38. The average Bonchev–Trinajstić information content (AvgIpc) is 3.02. The van der Waals surface area contributed by atoms with Gasteiger partial charge in [-0.2, -0.15) is 0 Å². The van der Waals surface area contributed by atoms with E-state index in [4.69, 9.17) is 9.15 Å². The SMILES string of the molecule is Cc1cc(C)cc(-c2nc3ccc(C(=O)OC(C)CCN(C)C)cc3o2)c1. The molecule has 0 spiro atoms. The minimum absolute atomic E-state index is 0.142. The van der Waals surface area contributed by atoms with Gasteiger partial charge in [0.1, 0.15) is 11.6 Å². The number of carbonyl (C=O) groups is 1. The van der Waals surface area contributed by atoms with E-state index in [9.17, 15) is 4.79 Å². The lowest BCUT2D eigenvalue weighted by Gasteiger charge is -2.16. The third kappa shape index (κ3) is 4.74. The number of benzene rings is 2. The number of fused-ring (bicyclic) bond motifs is 1. The molecule has 27 heavy (non-hydrogen) atoms. The molecule has 5 nitrogen and oxygen atoms in total. The number of hydrogen-bond acceptors (Lipinski definition) is 5. The summed E-state index contributed by atoms with van der Waals surface area (Å²) in [6.07, 6.45) is 0.649. The van der Waals surface area contributed by atoms with Crippen LogP contribution in [0.2, 0.25) is 0 Å². The van der Waals surface area contributed by atoms with Crippen LogP contribution < -0.4 is 0 Å². The normalized spacial score (nSPS) is 12.5. The van der Waals surface area contributed by atoms with Gasteiger partial charge in [0.15, 0.2) is 5.58 Å². The zero-order chi connectivity index (χ0) is 19.6. The largest absolute Gasteiger partial charge is 0.459 e. The van der Waals surface area contributed by atoms with Crippen LogP contribution in [0, 0.1) is 13.8 Å². The Morgan fingerprint density at radius 1 is 1.15 bits per heavy atom. The first kappa shape index (κ1) is 19.1. The number of carbonyl (C=O) groups excluding carboxylic acids is 1. The first-order valence-corrected chi connectivity index (χ1v) is 9.17. The second kappa shape index (κ2) is 7.92. The van der Waals surface area contributed by atoms with Crippen molar-refractivity contribution in [3.8, 4) is 11.5 Å².